The number of likely N-dealkylation sites (tertiary alicyclic amines) is 2. The molecular weight excluding hydrogens is 240 g/mol. The van der Waals surface area contributed by atoms with Crippen LogP contribution in [0.15, 0.2) is 0 Å². The van der Waals surface area contributed by atoms with E-state index < -0.39 is 0 Å². The Morgan fingerprint density at radius 2 is 1.68 bits per heavy atom. The van der Waals surface area contributed by atoms with Crippen molar-refractivity contribution in [2.45, 2.75) is 47.1 Å². The summed E-state index contributed by atoms with van der Waals surface area (Å²) in [6.07, 6.45) is 1.05. The molecule has 2 amide bonds. The van der Waals surface area contributed by atoms with Crippen molar-refractivity contribution in [2.75, 3.05) is 20.1 Å². The fraction of sp³-hybridized carbons (Fsp3) is 0.867. The van der Waals surface area contributed by atoms with Crippen molar-refractivity contribution < 1.29 is 9.59 Å². The van der Waals surface area contributed by atoms with Gasteiger partial charge in [-0.15, -0.1) is 0 Å². The summed E-state index contributed by atoms with van der Waals surface area (Å²) < 4.78 is 0. The lowest BCUT2D eigenvalue weighted by Gasteiger charge is -2.16. The summed E-state index contributed by atoms with van der Waals surface area (Å²) in [6.45, 7) is 12.1. The van der Waals surface area contributed by atoms with E-state index in [0.717, 1.165) is 19.5 Å². The molecular formula is C15H28N2O2. The minimum atomic E-state index is 0.222. The zero-order valence-electron chi connectivity index (χ0n) is 13.1. The maximum absolute atomic E-state index is 11.3. The molecule has 2 saturated heterocycles. The molecule has 19 heavy (non-hydrogen) atoms. The van der Waals surface area contributed by atoms with Crippen molar-refractivity contribution in [3.05, 3.63) is 0 Å². The fourth-order valence-corrected chi connectivity index (χ4v) is 2.73. The highest BCUT2D eigenvalue weighted by Crippen LogP contribution is 2.28. The van der Waals surface area contributed by atoms with Gasteiger partial charge in [0.05, 0.1) is 0 Å². The van der Waals surface area contributed by atoms with Gasteiger partial charge in [-0.1, -0.05) is 20.8 Å². The second-order valence-corrected chi connectivity index (χ2v) is 5.95. The van der Waals surface area contributed by atoms with E-state index in [1.165, 1.54) is 0 Å². The number of hydrogen-bond acceptors (Lipinski definition) is 2. The summed E-state index contributed by atoms with van der Waals surface area (Å²) in [4.78, 5) is 26.1. The topological polar surface area (TPSA) is 40.6 Å². The molecule has 4 atom stereocenters. The van der Waals surface area contributed by atoms with E-state index in [0.29, 0.717) is 23.8 Å². The molecule has 4 unspecified atom stereocenters. The largest absolute Gasteiger partial charge is 0.343 e. The third-order valence-corrected chi connectivity index (χ3v) is 4.84. The molecule has 0 radical (unpaired) electrons. The Balaban J connectivity index is 0.000000191. The standard InChI is InChI=1S/C8H15NO.C7H13NO/c1-5-6(2)8(10)9(4)7(5)3;1-3-8-5-4-6(2)7(8)9/h5-7H,1-4H3;6H,3-5H2,1-2H3. The third kappa shape index (κ3) is 3.28. The van der Waals surface area contributed by atoms with Crippen LogP contribution in [0.3, 0.4) is 0 Å². The summed E-state index contributed by atoms with van der Waals surface area (Å²) in [7, 11) is 1.88. The SMILES string of the molecule is CC1C(=O)N(C)C(C)C1C.CCN1CCC(C)C1=O. The van der Waals surface area contributed by atoms with Crippen LogP contribution in [-0.4, -0.2) is 47.8 Å². The van der Waals surface area contributed by atoms with Gasteiger partial charge < -0.3 is 9.80 Å². The Hall–Kier alpha value is -1.06. The van der Waals surface area contributed by atoms with Gasteiger partial charge in [-0.05, 0) is 26.2 Å². The predicted molar refractivity (Wildman–Crippen MR) is 76.6 cm³/mol. The number of rotatable bonds is 1. The van der Waals surface area contributed by atoms with E-state index in [1.807, 2.05) is 37.6 Å². The Labute approximate surface area is 117 Å². The Bertz CT molecular complexity index is 327. The van der Waals surface area contributed by atoms with Crippen molar-refractivity contribution in [3.8, 4) is 0 Å². The highest BCUT2D eigenvalue weighted by Gasteiger charge is 2.37. The minimum absolute atomic E-state index is 0.222. The van der Waals surface area contributed by atoms with E-state index in [2.05, 4.69) is 13.8 Å². The van der Waals surface area contributed by atoms with Crippen LogP contribution in [0, 0.1) is 17.8 Å². The second kappa shape index (κ2) is 6.40. The van der Waals surface area contributed by atoms with E-state index in [-0.39, 0.29) is 11.8 Å². The molecule has 0 aliphatic carbocycles. The first-order valence-corrected chi connectivity index (χ1v) is 7.36. The second-order valence-electron chi connectivity index (χ2n) is 5.95. The van der Waals surface area contributed by atoms with Gasteiger partial charge in [0.1, 0.15) is 0 Å². The minimum Gasteiger partial charge on any atom is -0.343 e. The molecule has 0 N–H and O–H groups in total. The molecule has 2 rings (SSSR count). The average molecular weight is 268 g/mol. The lowest BCUT2D eigenvalue weighted by atomic mass is 9.95. The molecule has 2 fully saturated rings. The van der Waals surface area contributed by atoms with Crippen molar-refractivity contribution in [1.29, 1.82) is 0 Å². The van der Waals surface area contributed by atoms with Crippen LogP contribution in [0.2, 0.25) is 0 Å². The van der Waals surface area contributed by atoms with Gasteiger partial charge >= 0.3 is 0 Å². The van der Waals surface area contributed by atoms with Gasteiger partial charge in [-0.25, -0.2) is 0 Å². The predicted octanol–water partition coefficient (Wildman–Crippen LogP) is 1.99. The zero-order chi connectivity index (χ0) is 14.7. The summed E-state index contributed by atoms with van der Waals surface area (Å²) >= 11 is 0. The monoisotopic (exact) mass is 268 g/mol. The van der Waals surface area contributed by atoms with Crippen LogP contribution < -0.4 is 0 Å². The highest BCUT2D eigenvalue weighted by atomic mass is 16.2. The van der Waals surface area contributed by atoms with Crippen LogP contribution >= 0.6 is 0 Å². The molecule has 2 heterocycles. The van der Waals surface area contributed by atoms with Gasteiger partial charge in [-0.2, -0.15) is 0 Å². The highest BCUT2D eigenvalue weighted by molar-refractivity contribution is 5.81. The normalized spacial score (nSPS) is 34.6. The van der Waals surface area contributed by atoms with Gasteiger partial charge in [0.15, 0.2) is 0 Å². The zero-order valence-corrected chi connectivity index (χ0v) is 13.1. The average Bonchev–Trinajstić information content (AvgIpc) is 2.81. The van der Waals surface area contributed by atoms with Crippen molar-refractivity contribution in [1.82, 2.24) is 9.80 Å². The Morgan fingerprint density at radius 1 is 1.11 bits per heavy atom. The summed E-state index contributed by atoms with van der Waals surface area (Å²) in [5, 5.41) is 0. The molecule has 2 aliphatic heterocycles. The molecule has 110 valence electrons. The van der Waals surface area contributed by atoms with Gasteiger partial charge in [0.25, 0.3) is 0 Å². The van der Waals surface area contributed by atoms with Crippen LogP contribution in [0.4, 0.5) is 0 Å². The van der Waals surface area contributed by atoms with Crippen LogP contribution in [0.25, 0.3) is 0 Å². The Kier molecular flexibility index (Phi) is 5.39. The lowest BCUT2D eigenvalue weighted by Crippen LogP contribution is -2.28. The first-order valence-electron chi connectivity index (χ1n) is 7.36. The van der Waals surface area contributed by atoms with Crippen LogP contribution in [-0.2, 0) is 9.59 Å². The number of nitrogens with zero attached hydrogens (tertiary/aromatic N) is 2. The summed E-state index contributed by atoms with van der Waals surface area (Å²) in [5.74, 6) is 1.64. The summed E-state index contributed by atoms with van der Waals surface area (Å²) in [6, 6.07) is 0.419. The number of amides is 2. The molecule has 4 heteroatoms. The van der Waals surface area contributed by atoms with Gasteiger partial charge in [-0.3, -0.25) is 9.59 Å². The first-order chi connectivity index (χ1) is 8.81. The number of carbonyl (C=O) groups is 2. The number of carbonyl (C=O) groups excluding carboxylic acids is 2. The van der Waals surface area contributed by atoms with E-state index in [1.54, 1.807) is 0 Å². The molecule has 0 aromatic rings. The molecule has 0 bridgehead atoms. The van der Waals surface area contributed by atoms with E-state index in [4.69, 9.17) is 0 Å². The summed E-state index contributed by atoms with van der Waals surface area (Å²) in [5.41, 5.74) is 0. The molecule has 4 nitrogen and oxygen atoms in total. The van der Waals surface area contributed by atoms with Crippen molar-refractivity contribution >= 4 is 11.8 Å². The van der Waals surface area contributed by atoms with E-state index in [9.17, 15) is 9.59 Å². The molecule has 0 aromatic carbocycles. The molecule has 0 aromatic heterocycles. The quantitative estimate of drug-likeness (QED) is 0.730. The van der Waals surface area contributed by atoms with Gasteiger partial charge in [0.2, 0.25) is 11.8 Å². The van der Waals surface area contributed by atoms with Crippen LogP contribution in [0.1, 0.15) is 41.0 Å². The Morgan fingerprint density at radius 3 is 1.84 bits per heavy atom. The van der Waals surface area contributed by atoms with Crippen molar-refractivity contribution in [2.24, 2.45) is 17.8 Å². The smallest absolute Gasteiger partial charge is 0.225 e. The van der Waals surface area contributed by atoms with Crippen molar-refractivity contribution in [3.63, 3.8) is 0 Å². The third-order valence-electron chi connectivity index (χ3n) is 4.84. The molecule has 0 saturated carbocycles. The maximum atomic E-state index is 11.3. The molecule has 2 aliphatic rings. The lowest BCUT2D eigenvalue weighted by molar-refractivity contribution is -0.131. The van der Waals surface area contributed by atoms with E-state index >= 15 is 0 Å². The van der Waals surface area contributed by atoms with Crippen LogP contribution in [0.5, 0.6) is 0 Å². The maximum Gasteiger partial charge on any atom is 0.225 e. The number of hydrogen-bond donors (Lipinski definition) is 0. The van der Waals surface area contributed by atoms with Gasteiger partial charge in [0, 0.05) is 38.0 Å². The first kappa shape index (κ1) is 16.0. The fourth-order valence-electron chi connectivity index (χ4n) is 2.73. The molecule has 0 spiro atoms.